The molecule has 14 heavy (non-hydrogen) atoms. The molecule has 3 heteroatoms. The summed E-state index contributed by atoms with van der Waals surface area (Å²) in [5.41, 5.74) is 1.30. The lowest BCUT2D eigenvalue weighted by Gasteiger charge is -2.14. The van der Waals surface area contributed by atoms with E-state index >= 15 is 0 Å². The van der Waals surface area contributed by atoms with Gasteiger partial charge in [-0.2, -0.15) is 5.26 Å². The first-order valence-corrected chi connectivity index (χ1v) is 5.74. The van der Waals surface area contributed by atoms with Crippen LogP contribution in [0.25, 0.3) is 0 Å². The molecule has 76 valence electrons. The Hall–Kier alpha value is -0.880. The maximum Gasteiger partial charge on any atom is 0.0928 e. The summed E-state index contributed by atoms with van der Waals surface area (Å²) in [5.74, 6) is 0. The van der Waals surface area contributed by atoms with Crippen LogP contribution in [0.15, 0.2) is 5.38 Å². The lowest BCUT2D eigenvalue weighted by atomic mass is 9.93. The Morgan fingerprint density at radius 3 is 2.71 bits per heavy atom. The quantitative estimate of drug-likeness (QED) is 0.715. The van der Waals surface area contributed by atoms with Gasteiger partial charge in [-0.15, -0.1) is 11.3 Å². The Morgan fingerprint density at radius 1 is 1.50 bits per heavy atom. The molecule has 0 radical (unpaired) electrons. The summed E-state index contributed by atoms with van der Waals surface area (Å²) in [5, 5.41) is 11.7. The monoisotopic (exact) mass is 208 g/mol. The molecule has 1 aromatic heterocycles. The van der Waals surface area contributed by atoms with Crippen LogP contribution in [-0.4, -0.2) is 4.98 Å². The number of nitrogens with zero attached hydrogens (tertiary/aromatic N) is 2. The molecule has 0 aliphatic carbocycles. The Balaban J connectivity index is 2.57. The van der Waals surface area contributed by atoms with Gasteiger partial charge in [-0.3, -0.25) is 0 Å². The fourth-order valence-electron chi connectivity index (χ4n) is 1.09. The predicted molar refractivity (Wildman–Crippen MR) is 59.4 cm³/mol. The zero-order valence-corrected chi connectivity index (χ0v) is 9.82. The normalized spacial score (nSPS) is 11.3. The molecule has 0 N–H and O–H groups in total. The fourth-order valence-corrected chi connectivity index (χ4v) is 2.16. The van der Waals surface area contributed by atoms with Crippen LogP contribution in [0.4, 0.5) is 0 Å². The van der Waals surface area contributed by atoms with Crippen molar-refractivity contribution in [1.82, 2.24) is 4.98 Å². The van der Waals surface area contributed by atoms with E-state index in [9.17, 15) is 0 Å². The van der Waals surface area contributed by atoms with Crippen LogP contribution in [0.3, 0.4) is 0 Å². The number of hydrogen-bond acceptors (Lipinski definition) is 3. The maximum absolute atomic E-state index is 8.41. The van der Waals surface area contributed by atoms with E-state index in [1.165, 1.54) is 0 Å². The lowest BCUT2D eigenvalue weighted by Crippen LogP contribution is -2.11. The minimum absolute atomic E-state index is 0.143. The van der Waals surface area contributed by atoms with E-state index < -0.39 is 0 Å². The van der Waals surface area contributed by atoms with Crippen LogP contribution in [0.1, 0.15) is 44.3 Å². The summed E-state index contributed by atoms with van der Waals surface area (Å²) >= 11 is 1.71. The third-order valence-electron chi connectivity index (χ3n) is 2.00. The molecule has 0 saturated carbocycles. The summed E-state index contributed by atoms with van der Waals surface area (Å²) in [6.45, 7) is 6.50. The summed E-state index contributed by atoms with van der Waals surface area (Å²) in [4.78, 5) is 4.56. The van der Waals surface area contributed by atoms with Crippen molar-refractivity contribution in [2.75, 3.05) is 0 Å². The van der Waals surface area contributed by atoms with Gasteiger partial charge in [-0.25, -0.2) is 4.98 Å². The Bertz CT molecular complexity index is 328. The van der Waals surface area contributed by atoms with E-state index in [0.29, 0.717) is 6.42 Å². The zero-order valence-electron chi connectivity index (χ0n) is 9.00. The van der Waals surface area contributed by atoms with E-state index in [-0.39, 0.29) is 5.41 Å². The van der Waals surface area contributed by atoms with Crippen LogP contribution >= 0.6 is 11.3 Å². The first-order chi connectivity index (χ1) is 6.54. The van der Waals surface area contributed by atoms with E-state index in [4.69, 9.17) is 5.26 Å². The van der Waals surface area contributed by atoms with Gasteiger partial charge in [-0.1, -0.05) is 20.8 Å². The number of thiazole rings is 1. The van der Waals surface area contributed by atoms with Crippen molar-refractivity contribution < 1.29 is 0 Å². The highest BCUT2D eigenvalue weighted by molar-refractivity contribution is 7.09. The first-order valence-electron chi connectivity index (χ1n) is 4.86. The number of aromatic nitrogens is 1. The number of aryl methyl sites for hydroxylation is 1. The van der Waals surface area contributed by atoms with E-state index in [0.717, 1.165) is 23.5 Å². The molecule has 1 aromatic rings. The van der Waals surface area contributed by atoms with Crippen molar-refractivity contribution in [3.63, 3.8) is 0 Å². The standard InChI is InChI=1S/C11H16N2S/c1-11(2,3)9-8-14-10(13-9)6-4-5-7-12/h8H,4-6H2,1-3H3. The van der Waals surface area contributed by atoms with E-state index in [1.807, 2.05) is 0 Å². The third kappa shape index (κ3) is 3.12. The molecule has 0 saturated heterocycles. The van der Waals surface area contributed by atoms with Crippen molar-refractivity contribution in [3.8, 4) is 6.07 Å². The molecular weight excluding hydrogens is 192 g/mol. The van der Waals surface area contributed by atoms with E-state index in [1.54, 1.807) is 11.3 Å². The molecule has 0 aromatic carbocycles. The molecule has 0 atom stereocenters. The minimum atomic E-state index is 0.143. The Morgan fingerprint density at radius 2 is 2.21 bits per heavy atom. The average molecular weight is 208 g/mol. The molecule has 0 fully saturated rings. The Labute approximate surface area is 89.6 Å². The summed E-state index contributed by atoms with van der Waals surface area (Å²) in [6, 6.07) is 2.15. The molecule has 0 spiro atoms. The summed E-state index contributed by atoms with van der Waals surface area (Å²) in [7, 11) is 0. The molecule has 0 unspecified atom stereocenters. The summed E-state index contributed by atoms with van der Waals surface area (Å²) < 4.78 is 0. The SMILES string of the molecule is CC(C)(C)c1csc(CCCC#N)n1. The van der Waals surface area contributed by atoms with Crippen molar-refractivity contribution in [1.29, 1.82) is 5.26 Å². The fraction of sp³-hybridized carbons (Fsp3) is 0.636. The first kappa shape index (κ1) is 11.2. The topological polar surface area (TPSA) is 36.7 Å². The van der Waals surface area contributed by atoms with Gasteiger partial charge in [0.25, 0.3) is 0 Å². The van der Waals surface area contributed by atoms with Gasteiger partial charge in [0.2, 0.25) is 0 Å². The zero-order chi connectivity index (χ0) is 10.6. The predicted octanol–water partition coefficient (Wildman–Crippen LogP) is 3.29. The maximum atomic E-state index is 8.41. The van der Waals surface area contributed by atoms with Gasteiger partial charge in [-0.05, 0) is 6.42 Å². The Kier molecular flexibility index (Phi) is 3.65. The molecular formula is C11H16N2S. The van der Waals surface area contributed by atoms with Crippen LogP contribution < -0.4 is 0 Å². The molecule has 2 nitrogen and oxygen atoms in total. The van der Waals surface area contributed by atoms with Crippen molar-refractivity contribution >= 4 is 11.3 Å². The average Bonchev–Trinajstić information content (AvgIpc) is 2.52. The third-order valence-corrected chi connectivity index (χ3v) is 2.91. The highest BCUT2D eigenvalue weighted by atomic mass is 32.1. The van der Waals surface area contributed by atoms with Crippen molar-refractivity contribution in [2.24, 2.45) is 0 Å². The van der Waals surface area contributed by atoms with Gasteiger partial charge in [0.1, 0.15) is 0 Å². The molecule has 0 bridgehead atoms. The summed E-state index contributed by atoms with van der Waals surface area (Å²) in [6.07, 6.45) is 2.49. The second kappa shape index (κ2) is 4.56. The number of unbranched alkanes of at least 4 members (excludes halogenated alkanes) is 1. The molecule has 1 heterocycles. The van der Waals surface area contributed by atoms with Crippen molar-refractivity contribution in [3.05, 3.63) is 16.1 Å². The van der Waals surface area contributed by atoms with Gasteiger partial charge in [0.15, 0.2) is 0 Å². The van der Waals surface area contributed by atoms with Crippen molar-refractivity contribution in [2.45, 2.75) is 45.4 Å². The largest absolute Gasteiger partial charge is 0.246 e. The highest BCUT2D eigenvalue weighted by Gasteiger charge is 2.16. The van der Waals surface area contributed by atoms with Gasteiger partial charge < -0.3 is 0 Å². The number of hydrogen-bond donors (Lipinski definition) is 0. The lowest BCUT2D eigenvalue weighted by molar-refractivity contribution is 0.570. The second-order valence-electron chi connectivity index (χ2n) is 4.39. The van der Waals surface area contributed by atoms with Gasteiger partial charge >= 0.3 is 0 Å². The number of nitriles is 1. The molecule has 1 rings (SSSR count). The smallest absolute Gasteiger partial charge is 0.0928 e. The number of rotatable bonds is 3. The molecule has 0 aliphatic rings. The highest BCUT2D eigenvalue weighted by Crippen LogP contribution is 2.24. The van der Waals surface area contributed by atoms with E-state index in [2.05, 4.69) is 37.2 Å². The van der Waals surface area contributed by atoms with Crippen LogP contribution in [0, 0.1) is 11.3 Å². The van der Waals surface area contributed by atoms with Gasteiger partial charge in [0, 0.05) is 23.6 Å². The second-order valence-corrected chi connectivity index (χ2v) is 5.33. The van der Waals surface area contributed by atoms with Crippen LogP contribution in [0.5, 0.6) is 0 Å². The molecule has 0 aliphatic heterocycles. The molecule has 0 amide bonds. The van der Waals surface area contributed by atoms with Crippen LogP contribution in [-0.2, 0) is 11.8 Å². The van der Waals surface area contributed by atoms with Crippen LogP contribution in [0.2, 0.25) is 0 Å². The van der Waals surface area contributed by atoms with Gasteiger partial charge in [0.05, 0.1) is 16.8 Å². The minimum Gasteiger partial charge on any atom is -0.246 e.